The topological polar surface area (TPSA) is 33.6 Å². The molecule has 0 saturated heterocycles. The summed E-state index contributed by atoms with van der Waals surface area (Å²) in [6.45, 7) is 5.76. The highest BCUT2D eigenvalue weighted by atomic mass is 16.5. The lowest BCUT2D eigenvalue weighted by Gasteiger charge is -2.10. The molecule has 3 nitrogen and oxygen atoms in total. The van der Waals surface area contributed by atoms with Gasteiger partial charge in [-0.3, -0.25) is 0 Å². The molecule has 0 bridgehead atoms. The normalized spacial score (nSPS) is 14.9. The van der Waals surface area contributed by atoms with Gasteiger partial charge in [0.1, 0.15) is 5.75 Å². The van der Waals surface area contributed by atoms with Crippen molar-refractivity contribution in [2.45, 2.75) is 13.8 Å². The summed E-state index contributed by atoms with van der Waals surface area (Å²) in [6.07, 6.45) is 0. The molecule has 3 heteroatoms. The van der Waals surface area contributed by atoms with E-state index in [2.05, 4.69) is 10.3 Å². The molecule has 1 N–H and O–H groups in total. The number of ether oxygens (including phenoxy) is 1. The van der Waals surface area contributed by atoms with Gasteiger partial charge in [0, 0.05) is 6.54 Å². The van der Waals surface area contributed by atoms with Crippen molar-refractivity contribution < 1.29 is 4.74 Å². The molecule has 1 aliphatic rings. The highest BCUT2D eigenvalue weighted by molar-refractivity contribution is 5.78. The van der Waals surface area contributed by atoms with Gasteiger partial charge < -0.3 is 10.1 Å². The number of nitrogens with one attached hydrogen (secondary N) is 1. The van der Waals surface area contributed by atoms with Crippen LogP contribution < -0.4 is 10.1 Å². The molecule has 0 fully saturated rings. The fourth-order valence-corrected chi connectivity index (χ4v) is 1.50. The van der Waals surface area contributed by atoms with Gasteiger partial charge in [-0.15, -0.1) is 0 Å². The summed E-state index contributed by atoms with van der Waals surface area (Å²) >= 11 is 0. The molecule has 0 spiro atoms. The van der Waals surface area contributed by atoms with Crippen LogP contribution in [0.15, 0.2) is 23.2 Å². The molecule has 1 aliphatic heterocycles. The highest BCUT2D eigenvalue weighted by Gasteiger charge is 2.10. The number of aryl methyl sites for hydroxylation is 2. The van der Waals surface area contributed by atoms with Gasteiger partial charge in [-0.25, -0.2) is 4.99 Å². The number of hydrogen-bond acceptors (Lipinski definition) is 3. The van der Waals surface area contributed by atoms with Crippen molar-refractivity contribution in [2.24, 2.45) is 4.99 Å². The van der Waals surface area contributed by atoms with Crippen LogP contribution in [0.1, 0.15) is 11.1 Å². The molecule has 0 saturated carbocycles. The van der Waals surface area contributed by atoms with Gasteiger partial charge in [0.05, 0.1) is 6.54 Å². The van der Waals surface area contributed by atoms with Crippen molar-refractivity contribution in [1.29, 1.82) is 0 Å². The molecule has 0 aliphatic carbocycles. The van der Waals surface area contributed by atoms with E-state index in [1.54, 1.807) is 0 Å². The van der Waals surface area contributed by atoms with E-state index in [1.165, 1.54) is 0 Å². The van der Waals surface area contributed by atoms with E-state index in [4.69, 9.17) is 4.74 Å². The Morgan fingerprint density at radius 2 is 2.00 bits per heavy atom. The average molecular weight is 190 g/mol. The molecule has 1 aromatic rings. The summed E-state index contributed by atoms with van der Waals surface area (Å²) in [7, 11) is 0. The van der Waals surface area contributed by atoms with Crippen molar-refractivity contribution in [3.63, 3.8) is 0 Å². The van der Waals surface area contributed by atoms with Crippen LogP contribution in [0.2, 0.25) is 0 Å². The summed E-state index contributed by atoms with van der Waals surface area (Å²) < 4.78 is 5.68. The number of hydrogen-bond donors (Lipinski definition) is 1. The maximum Gasteiger partial charge on any atom is 0.290 e. The SMILES string of the molecule is Cc1cccc(C)c1OC1=NCCN1. The van der Waals surface area contributed by atoms with E-state index in [0.29, 0.717) is 6.02 Å². The van der Waals surface area contributed by atoms with Gasteiger partial charge in [0.25, 0.3) is 6.02 Å². The van der Waals surface area contributed by atoms with E-state index in [-0.39, 0.29) is 0 Å². The van der Waals surface area contributed by atoms with Gasteiger partial charge in [-0.05, 0) is 25.0 Å². The van der Waals surface area contributed by atoms with Crippen LogP contribution in [-0.2, 0) is 0 Å². The molecular formula is C11H14N2O. The molecule has 14 heavy (non-hydrogen) atoms. The van der Waals surface area contributed by atoms with E-state index < -0.39 is 0 Å². The van der Waals surface area contributed by atoms with E-state index >= 15 is 0 Å². The number of nitrogens with zero attached hydrogens (tertiary/aromatic N) is 1. The second kappa shape index (κ2) is 3.70. The number of amidine groups is 1. The number of para-hydroxylation sites is 1. The van der Waals surface area contributed by atoms with E-state index in [9.17, 15) is 0 Å². The Morgan fingerprint density at radius 3 is 2.57 bits per heavy atom. The van der Waals surface area contributed by atoms with Gasteiger partial charge in [0.2, 0.25) is 0 Å². The highest BCUT2D eigenvalue weighted by Crippen LogP contribution is 2.22. The van der Waals surface area contributed by atoms with Crippen LogP contribution in [0.4, 0.5) is 0 Å². The summed E-state index contributed by atoms with van der Waals surface area (Å²) in [5.74, 6) is 0.917. The lowest BCUT2D eigenvalue weighted by atomic mass is 10.1. The van der Waals surface area contributed by atoms with Crippen LogP contribution in [0.3, 0.4) is 0 Å². The Labute approximate surface area is 83.8 Å². The average Bonchev–Trinajstić information content (AvgIpc) is 2.64. The van der Waals surface area contributed by atoms with Crippen molar-refractivity contribution in [3.05, 3.63) is 29.3 Å². The second-order valence-electron chi connectivity index (χ2n) is 3.44. The molecule has 0 aromatic heterocycles. The van der Waals surface area contributed by atoms with Crippen molar-refractivity contribution in [1.82, 2.24) is 5.32 Å². The first kappa shape index (κ1) is 9.06. The van der Waals surface area contributed by atoms with Crippen LogP contribution in [0.25, 0.3) is 0 Å². The minimum Gasteiger partial charge on any atom is -0.426 e. The third-order valence-electron chi connectivity index (χ3n) is 2.25. The first-order valence-electron chi connectivity index (χ1n) is 4.80. The zero-order valence-electron chi connectivity index (χ0n) is 8.50. The smallest absolute Gasteiger partial charge is 0.290 e. The molecule has 74 valence electrons. The quantitative estimate of drug-likeness (QED) is 0.730. The van der Waals surface area contributed by atoms with Gasteiger partial charge in [0.15, 0.2) is 0 Å². The first-order valence-corrected chi connectivity index (χ1v) is 4.80. The second-order valence-corrected chi connectivity index (χ2v) is 3.44. The predicted molar refractivity (Wildman–Crippen MR) is 56.8 cm³/mol. The summed E-state index contributed by atoms with van der Waals surface area (Å²) in [5, 5.41) is 3.09. The maximum atomic E-state index is 5.68. The van der Waals surface area contributed by atoms with Crippen LogP contribution in [0, 0.1) is 13.8 Å². The zero-order valence-corrected chi connectivity index (χ0v) is 8.50. The largest absolute Gasteiger partial charge is 0.426 e. The summed E-state index contributed by atoms with van der Waals surface area (Å²) in [4.78, 5) is 4.20. The Hall–Kier alpha value is -1.51. The molecule has 0 unspecified atom stereocenters. The van der Waals surface area contributed by atoms with Gasteiger partial charge in [-0.2, -0.15) is 0 Å². The van der Waals surface area contributed by atoms with Crippen molar-refractivity contribution >= 4 is 6.02 Å². The molecule has 0 atom stereocenters. The zero-order chi connectivity index (χ0) is 9.97. The number of benzene rings is 1. The van der Waals surface area contributed by atoms with Gasteiger partial charge >= 0.3 is 0 Å². The molecular weight excluding hydrogens is 176 g/mol. The molecule has 2 rings (SSSR count). The fourth-order valence-electron chi connectivity index (χ4n) is 1.50. The van der Waals surface area contributed by atoms with Crippen LogP contribution >= 0.6 is 0 Å². The third-order valence-corrected chi connectivity index (χ3v) is 2.25. The van der Waals surface area contributed by atoms with Gasteiger partial charge in [-0.1, -0.05) is 18.2 Å². The van der Waals surface area contributed by atoms with Crippen molar-refractivity contribution in [2.75, 3.05) is 13.1 Å². The lowest BCUT2D eigenvalue weighted by Crippen LogP contribution is -2.24. The first-order chi connectivity index (χ1) is 6.77. The minimum absolute atomic E-state index is 0.641. The van der Waals surface area contributed by atoms with Crippen molar-refractivity contribution in [3.8, 4) is 5.75 Å². The standard InChI is InChI=1S/C11H14N2O/c1-8-4-3-5-9(2)10(8)14-11-12-6-7-13-11/h3-5H,6-7H2,1-2H3,(H,12,13). The maximum absolute atomic E-state index is 5.68. The third kappa shape index (κ3) is 1.71. The summed E-state index contributed by atoms with van der Waals surface area (Å²) in [6, 6.07) is 6.75. The molecule has 0 radical (unpaired) electrons. The molecule has 0 amide bonds. The monoisotopic (exact) mass is 190 g/mol. The molecule has 1 heterocycles. The van der Waals surface area contributed by atoms with Crippen LogP contribution in [-0.4, -0.2) is 19.1 Å². The Morgan fingerprint density at radius 1 is 1.29 bits per heavy atom. The Bertz CT molecular complexity index is 351. The Kier molecular flexibility index (Phi) is 2.39. The number of rotatable bonds is 1. The van der Waals surface area contributed by atoms with Crippen LogP contribution in [0.5, 0.6) is 5.75 Å². The van der Waals surface area contributed by atoms with E-state index in [0.717, 1.165) is 30.0 Å². The number of aliphatic imine (C=N–C) groups is 1. The van der Waals surface area contributed by atoms with E-state index in [1.807, 2.05) is 32.0 Å². The minimum atomic E-state index is 0.641. The summed E-state index contributed by atoms with van der Waals surface area (Å²) in [5.41, 5.74) is 2.28. The molecule has 1 aromatic carbocycles. The predicted octanol–water partition coefficient (Wildman–Crippen LogP) is 1.64. The fraction of sp³-hybridized carbons (Fsp3) is 0.364. The lowest BCUT2D eigenvalue weighted by molar-refractivity contribution is 0.521. The Balaban J connectivity index is 2.23.